The predicted molar refractivity (Wildman–Crippen MR) is 111 cm³/mol. The van der Waals surface area contributed by atoms with Gasteiger partial charge in [0.05, 0.1) is 22.8 Å². The van der Waals surface area contributed by atoms with Crippen molar-refractivity contribution in [2.75, 3.05) is 13.2 Å². The maximum absolute atomic E-state index is 12.8. The summed E-state index contributed by atoms with van der Waals surface area (Å²) < 4.78 is 6.86. The van der Waals surface area contributed by atoms with Gasteiger partial charge in [0.25, 0.3) is 5.91 Å². The quantitative estimate of drug-likeness (QED) is 0.605. The molecule has 0 atom stereocenters. The molecule has 3 rings (SSSR count). The molecule has 0 saturated heterocycles. The van der Waals surface area contributed by atoms with E-state index in [1.54, 1.807) is 23.9 Å². The van der Waals surface area contributed by atoms with E-state index >= 15 is 0 Å². The molecule has 0 aliphatic carbocycles. The summed E-state index contributed by atoms with van der Waals surface area (Å²) in [5.41, 5.74) is 2.21. The monoisotopic (exact) mass is 409 g/mol. The number of rotatable bonds is 6. The topological polar surface area (TPSA) is 115 Å². The molecule has 1 aromatic carbocycles. The lowest BCUT2D eigenvalue weighted by Gasteiger charge is -2.11. The van der Waals surface area contributed by atoms with Gasteiger partial charge in [-0.2, -0.15) is 5.10 Å². The van der Waals surface area contributed by atoms with Gasteiger partial charge < -0.3 is 10.1 Å². The third-order valence-electron chi connectivity index (χ3n) is 4.27. The average Bonchev–Trinajstić information content (AvgIpc) is 3.16. The van der Waals surface area contributed by atoms with Gasteiger partial charge in [-0.3, -0.25) is 10.1 Å². The lowest BCUT2D eigenvalue weighted by molar-refractivity contribution is -0.123. The van der Waals surface area contributed by atoms with Crippen LogP contribution in [-0.4, -0.2) is 45.8 Å². The van der Waals surface area contributed by atoms with E-state index < -0.39 is 24.5 Å². The van der Waals surface area contributed by atoms with Crippen LogP contribution in [0.5, 0.6) is 0 Å². The van der Waals surface area contributed by atoms with Crippen LogP contribution in [0.4, 0.5) is 4.79 Å². The fraction of sp³-hybridized carbons (Fsp3) is 0.286. The summed E-state index contributed by atoms with van der Waals surface area (Å²) in [6.45, 7) is 5.44. The summed E-state index contributed by atoms with van der Waals surface area (Å²) in [6, 6.07) is 10.4. The van der Waals surface area contributed by atoms with E-state index in [2.05, 4.69) is 20.7 Å². The van der Waals surface area contributed by atoms with Crippen molar-refractivity contribution in [2.45, 2.75) is 26.8 Å². The SMILES string of the molecule is CCNC(=O)NC(=O)COC(=O)c1cc(-c2ccccc2)nc2c1cnn2C(C)C. The van der Waals surface area contributed by atoms with Crippen molar-refractivity contribution in [3.63, 3.8) is 0 Å². The van der Waals surface area contributed by atoms with Crippen LogP contribution in [0.1, 0.15) is 37.2 Å². The standard InChI is InChI=1S/C21H23N5O4/c1-4-22-21(29)25-18(27)12-30-20(28)15-10-17(14-8-6-5-7-9-14)24-19-16(15)11-23-26(19)13(2)3/h5-11,13H,4,12H2,1-3H3,(H2,22,25,27,29). The Kier molecular flexibility index (Phi) is 6.41. The Bertz CT molecular complexity index is 1080. The molecule has 3 amide bonds. The number of hydrogen-bond acceptors (Lipinski definition) is 6. The Morgan fingerprint density at radius 3 is 2.57 bits per heavy atom. The Labute approximate surface area is 173 Å². The van der Waals surface area contributed by atoms with Crippen molar-refractivity contribution in [3.05, 3.63) is 48.2 Å². The number of urea groups is 1. The van der Waals surface area contributed by atoms with E-state index in [4.69, 9.17) is 4.74 Å². The molecule has 0 spiro atoms. The first-order valence-corrected chi connectivity index (χ1v) is 9.59. The highest BCUT2D eigenvalue weighted by Gasteiger charge is 2.20. The van der Waals surface area contributed by atoms with Gasteiger partial charge in [-0.15, -0.1) is 0 Å². The highest BCUT2D eigenvalue weighted by molar-refractivity contribution is 6.04. The van der Waals surface area contributed by atoms with Gasteiger partial charge in [-0.1, -0.05) is 30.3 Å². The largest absolute Gasteiger partial charge is 0.452 e. The number of esters is 1. The lowest BCUT2D eigenvalue weighted by atomic mass is 10.1. The minimum absolute atomic E-state index is 0.0350. The number of fused-ring (bicyclic) bond motifs is 1. The Morgan fingerprint density at radius 2 is 1.90 bits per heavy atom. The highest BCUT2D eigenvalue weighted by Crippen LogP contribution is 2.26. The highest BCUT2D eigenvalue weighted by atomic mass is 16.5. The van der Waals surface area contributed by atoms with Crippen LogP contribution >= 0.6 is 0 Å². The van der Waals surface area contributed by atoms with Gasteiger partial charge in [-0.05, 0) is 26.8 Å². The maximum atomic E-state index is 12.8. The number of imide groups is 1. The van der Waals surface area contributed by atoms with Crippen LogP contribution in [0.15, 0.2) is 42.6 Å². The Morgan fingerprint density at radius 1 is 1.17 bits per heavy atom. The summed E-state index contributed by atoms with van der Waals surface area (Å²) in [5, 5.41) is 9.38. The third kappa shape index (κ3) is 4.62. The summed E-state index contributed by atoms with van der Waals surface area (Å²) >= 11 is 0. The number of carbonyl (C=O) groups excluding carboxylic acids is 3. The van der Waals surface area contributed by atoms with Gasteiger partial charge in [0.1, 0.15) is 0 Å². The number of hydrogen-bond donors (Lipinski definition) is 2. The molecule has 0 aliphatic heterocycles. The zero-order chi connectivity index (χ0) is 21.7. The van der Waals surface area contributed by atoms with Gasteiger partial charge >= 0.3 is 12.0 Å². The molecule has 2 heterocycles. The summed E-state index contributed by atoms with van der Waals surface area (Å²) in [7, 11) is 0. The first-order chi connectivity index (χ1) is 14.4. The van der Waals surface area contributed by atoms with Crippen molar-refractivity contribution in [3.8, 4) is 11.3 Å². The van der Waals surface area contributed by atoms with Gasteiger partial charge in [0, 0.05) is 18.2 Å². The van der Waals surface area contributed by atoms with Gasteiger partial charge in [0.15, 0.2) is 12.3 Å². The number of benzene rings is 1. The number of carbonyl (C=O) groups is 3. The maximum Gasteiger partial charge on any atom is 0.339 e. The normalized spacial score (nSPS) is 10.8. The van der Waals surface area contributed by atoms with Crippen LogP contribution in [0.2, 0.25) is 0 Å². The van der Waals surface area contributed by atoms with Crippen LogP contribution in [0.3, 0.4) is 0 Å². The number of aromatic nitrogens is 3. The molecule has 0 fully saturated rings. The summed E-state index contributed by atoms with van der Waals surface area (Å²) in [5.74, 6) is -1.42. The minimum atomic E-state index is -0.722. The molecule has 0 unspecified atom stereocenters. The van der Waals surface area contributed by atoms with Gasteiger partial charge in [-0.25, -0.2) is 19.3 Å². The van der Waals surface area contributed by atoms with Gasteiger partial charge in [0.2, 0.25) is 0 Å². The molecule has 3 aromatic rings. The first-order valence-electron chi connectivity index (χ1n) is 9.59. The second kappa shape index (κ2) is 9.17. The molecule has 0 saturated carbocycles. The number of ether oxygens (including phenoxy) is 1. The van der Waals surface area contributed by atoms with Crippen LogP contribution in [0.25, 0.3) is 22.3 Å². The van der Waals surface area contributed by atoms with E-state index in [-0.39, 0.29) is 11.6 Å². The zero-order valence-electron chi connectivity index (χ0n) is 17.0. The van der Waals surface area contributed by atoms with Crippen LogP contribution in [0, 0.1) is 0 Å². The fourth-order valence-electron chi connectivity index (χ4n) is 2.90. The Hall–Kier alpha value is -3.75. The zero-order valence-corrected chi connectivity index (χ0v) is 17.0. The second-order valence-corrected chi connectivity index (χ2v) is 6.83. The number of amides is 3. The number of nitrogens with one attached hydrogen (secondary N) is 2. The second-order valence-electron chi connectivity index (χ2n) is 6.83. The predicted octanol–water partition coefficient (Wildman–Crippen LogP) is 2.68. The molecule has 0 radical (unpaired) electrons. The lowest BCUT2D eigenvalue weighted by Crippen LogP contribution is -2.41. The number of nitrogens with zero attached hydrogens (tertiary/aromatic N) is 3. The molecule has 0 aliphatic rings. The van der Waals surface area contributed by atoms with Crippen LogP contribution < -0.4 is 10.6 Å². The minimum Gasteiger partial charge on any atom is -0.452 e. The third-order valence-corrected chi connectivity index (χ3v) is 4.27. The molecule has 0 bridgehead atoms. The molecule has 156 valence electrons. The first kappa shape index (κ1) is 21.0. The van der Waals surface area contributed by atoms with E-state index in [0.717, 1.165) is 5.56 Å². The van der Waals surface area contributed by atoms with E-state index in [0.29, 0.717) is 23.3 Å². The van der Waals surface area contributed by atoms with Crippen LogP contribution in [-0.2, 0) is 9.53 Å². The van der Waals surface area contributed by atoms with Crippen molar-refractivity contribution in [1.29, 1.82) is 0 Å². The van der Waals surface area contributed by atoms with Crippen molar-refractivity contribution < 1.29 is 19.1 Å². The molecular formula is C21H23N5O4. The molecular weight excluding hydrogens is 386 g/mol. The van der Waals surface area contributed by atoms with E-state index in [9.17, 15) is 14.4 Å². The average molecular weight is 409 g/mol. The number of pyridine rings is 1. The molecule has 9 nitrogen and oxygen atoms in total. The van der Waals surface area contributed by atoms with Crippen molar-refractivity contribution in [1.82, 2.24) is 25.4 Å². The molecule has 2 N–H and O–H groups in total. The van der Waals surface area contributed by atoms with E-state index in [1.165, 1.54) is 0 Å². The van der Waals surface area contributed by atoms with Crippen molar-refractivity contribution in [2.24, 2.45) is 0 Å². The summed E-state index contributed by atoms with van der Waals surface area (Å²) in [4.78, 5) is 40.7. The molecule has 9 heteroatoms. The molecule has 2 aromatic heterocycles. The van der Waals surface area contributed by atoms with E-state index in [1.807, 2.05) is 44.2 Å². The fourth-order valence-corrected chi connectivity index (χ4v) is 2.90. The van der Waals surface area contributed by atoms with Crippen molar-refractivity contribution >= 4 is 28.9 Å². The summed E-state index contributed by atoms with van der Waals surface area (Å²) in [6.07, 6.45) is 1.56. The smallest absolute Gasteiger partial charge is 0.339 e. The Balaban J connectivity index is 1.91. The molecule has 30 heavy (non-hydrogen) atoms.